The number of halogens is 1. The van der Waals surface area contributed by atoms with Gasteiger partial charge in [-0.1, -0.05) is 0 Å². The SMILES string of the molecule is O=S(=O)(O)Cl.[H-].[K+]. The third kappa shape index (κ3) is 40.5. The largest absolute Gasteiger partial charge is 1.00 e. The quantitative estimate of drug-likeness (QED) is 0.233. The molecule has 0 spiro atoms. The maximum atomic E-state index is 8.95. The van der Waals surface area contributed by atoms with Gasteiger partial charge in [-0.15, -0.1) is 0 Å². The first-order valence-corrected chi connectivity index (χ1v) is 2.94. The molecular weight excluding hydrogens is 155 g/mol. The third-order valence-electron chi connectivity index (χ3n) is 0. The van der Waals surface area contributed by atoms with Crippen molar-refractivity contribution in [1.29, 1.82) is 0 Å². The minimum atomic E-state index is -4.19. The van der Waals surface area contributed by atoms with Gasteiger partial charge in [0.2, 0.25) is 0 Å². The summed E-state index contributed by atoms with van der Waals surface area (Å²) in [4.78, 5) is 0. The molecule has 34 valence electrons. The van der Waals surface area contributed by atoms with Gasteiger partial charge in [0.1, 0.15) is 0 Å². The second-order valence-electron chi connectivity index (χ2n) is 0.412. The van der Waals surface area contributed by atoms with Crippen molar-refractivity contribution in [1.82, 2.24) is 0 Å². The number of hydrogen-bond acceptors (Lipinski definition) is 2. The maximum absolute atomic E-state index is 8.95. The Bertz CT molecular complexity index is 98.1. The molecule has 0 atom stereocenters. The van der Waals surface area contributed by atoms with Gasteiger partial charge in [0.25, 0.3) is 0 Å². The molecule has 0 aliphatic heterocycles. The molecule has 0 unspecified atom stereocenters. The zero-order valence-corrected chi connectivity index (χ0v) is 7.75. The van der Waals surface area contributed by atoms with Crippen molar-refractivity contribution in [3.05, 3.63) is 0 Å². The van der Waals surface area contributed by atoms with Crippen LogP contribution >= 0.6 is 10.7 Å². The first-order valence-electron chi connectivity index (χ1n) is 0.670. The summed E-state index contributed by atoms with van der Waals surface area (Å²) in [7, 11) is -0.137. The smallest absolute Gasteiger partial charge is 1.00 e. The molecule has 0 saturated carbocycles. The van der Waals surface area contributed by atoms with Gasteiger partial charge in [-0.3, -0.25) is 4.55 Å². The van der Waals surface area contributed by atoms with E-state index in [4.69, 9.17) is 13.0 Å². The molecular formula is H2ClKO3S. The van der Waals surface area contributed by atoms with Crippen molar-refractivity contribution in [2.45, 2.75) is 0 Å². The van der Waals surface area contributed by atoms with Crippen LogP contribution in [0.1, 0.15) is 1.43 Å². The topological polar surface area (TPSA) is 54.4 Å². The fourth-order valence-corrected chi connectivity index (χ4v) is 0. The zero-order valence-electron chi connectivity index (χ0n) is 4.05. The average Bonchev–Trinajstić information content (AvgIpc) is 0.722. The molecule has 0 saturated heterocycles. The minimum Gasteiger partial charge on any atom is -1.00 e. The fraction of sp³-hybridized carbons (Fsp3) is 0. The summed E-state index contributed by atoms with van der Waals surface area (Å²) < 4.78 is 25.2. The first kappa shape index (κ1) is 10.8. The predicted molar refractivity (Wildman–Crippen MR) is 18.5 cm³/mol. The summed E-state index contributed by atoms with van der Waals surface area (Å²) in [6, 6.07) is 0. The molecule has 0 bridgehead atoms. The van der Waals surface area contributed by atoms with E-state index in [1.807, 2.05) is 0 Å². The molecule has 0 aliphatic rings. The van der Waals surface area contributed by atoms with Crippen molar-refractivity contribution in [3.63, 3.8) is 0 Å². The zero-order chi connectivity index (χ0) is 4.50. The van der Waals surface area contributed by atoms with Crippen LogP contribution < -0.4 is 51.4 Å². The molecule has 3 nitrogen and oxygen atoms in total. The summed E-state index contributed by atoms with van der Waals surface area (Å²) in [6.45, 7) is 0. The van der Waals surface area contributed by atoms with Crippen molar-refractivity contribution < 1.29 is 65.8 Å². The molecule has 6 heteroatoms. The van der Waals surface area contributed by atoms with Gasteiger partial charge < -0.3 is 1.43 Å². The van der Waals surface area contributed by atoms with Crippen molar-refractivity contribution in [2.24, 2.45) is 0 Å². The van der Waals surface area contributed by atoms with Crippen LogP contribution in [0.5, 0.6) is 0 Å². The first-order chi connectivity index (χ1) is 2.00. The third-order valence-corrected chi connectivity index (χ3v) is 0. The molecule has 0 aromatic heterocycles. The van der Waals surface area contributed by atoms with E-state index in [1.54, 1.807) is 0 Å². The number of rotatable bonds is 0. The Morgan fingerprint density at radius 2 is 1.67 bits per heavy atom. The van der Waals surface area contributed by atoms with Gasteiger partial charge in [-0.25, -0.2) is 0 Å². The molecule has 0 radical (unpaired) electrons. The Hall–Kier alpha value is 1.84. The van der Waals surface area contributed by atoms with E-state index in [-0.39, 0.29) is 52.8 Å². The normalized spacial score (nSPS) is 9.67. The van der Waals surface area contributed by atoms with Gasteiger partial charge in [0.05, 0.1) is 0 Å². The second-order valence-corrected chi connectivity index (χ2v) is 2.41. The van der Waals surface area contributed by atoms with Gasteiger partial charge in [-0.05, 0) is 0 Å². The molecule has 0 aliphatic carbocycles. The van der Waals surface area contributed by atoms with Crippen LogP contribution in [0.2, 0.25) is 0 Å². The van der Waals surface area contributed by atoms with Gasteiger partial charge in [-0.2, -0.15) is 8.42 Å². The van der Waals surface area contributed by atoms with Crippen molar-refractivity contribution >= 4 is 20.0 Å². The molecule has 0 fully saturated rings. The molecule has 0 amide bonds. The van der Waals surface area contributed by atoms with Crippen LogP contribution in [0.15, 0.2) is 0 Å². The van der Waals surface area contributed by atoms with Crippen LogP contribution in [0.25, 0.3) is 0 Å². The van der Waals surface area contributed by atoms with E-state index in [0.29, 0.717) is 0 Å². The van der Waals surface area contributed by atoms with E-state index in [0.717, 1.165) is 0 Å². The van der Waals surface area contributed by atoms with E-state index in [2.05, 4.69) is 10.7 Å². The molecule has 0 aromatic carbocycles. The van der Waals surface area contributed by atoms with E-state index >= 15 is 0 Å². The van der Waals surface area contributed by atoms with Gasteiger partial charge in [0.15, 0.2) is 0 Å². The fourth-order valence-electron chi connectivity index (χ4n) is 0. The Labute approximate surface area is 84.2 Å². The van der Waals surface area contributed by atoms with Gasteiger partial charge >= 0.3 is 60.7 Å². The Kier molecular flexibility index (Phi) is 6.80. The van der Waals surface area contributed by atoms with Crippen LogP contribution in [-0.2, 0) is 9.33 Å². The second kappa shape index (κ2) is 3.79. The summed E-state index contributed by atoms with van der Waals surface area (Å²) >= 11 is 0. The van der Waals surface area contributed by atoms with Gasteiger partial charge in [0, 0.05) is 10.7 Å². The minimum absolute atomic E-state index is 0. The molecule has 0 heterocycles. The van der Waals surface area contributed by atoms with Crippen molar-refractivity contribution in [3.8, 4) is 0 Å². The van der Waals surface area contributed by atoms with Crippen molar-refractivity contribution in [2.75, 3.05) is 0 Å². The summed E-state index contributed by atoms with van der Waals surface area (Å²) in [6.07, 6.45) is 0. The molecule has 1 N–H and O–H groups in total. The Morgan fingerprint density at radius 3 is 1.67 bits per heavy atom. The summed E-state index contributed by atoms with van der Waals surface area (Å²) in [5.41, 5.74) is 0. The van der Waals surface area contributed by atoms with E-state index < -0.39 is 9.33 Å². The van der Waals surface area contributed by atoms with Crippen LogP contribution in [0.3, 0.4) is 0 Å². The number of hydrogen-bond donors (Lipinski definition) is 1. The molecule has 6 heavy (non-hydrogen) atoms. The van der Waals surface area contributed by atoms with E-state index in [1.165, 1.54) is 0 Å². The Balaban J connectivity index is -0.0000000800. The average molecular weight is 157 g/mol. The van der Waals surface area contributed by atoms with Crippen LogP contribution in [0.4, 0.5) is 0 Å². The predicted octanol–water partition coefficient (Wildman–Crippen LogP) is -2.86. The molecule has 0 aromatic rings. The Morgan fingerprint density at radius 1 is 1.67 bits per heavy atom. The molecule has 0 rings (SSSR count). The summed E-state index contributed by atoms with van der Waals surface area (Å²) in [5, 5.41) is 0. The monoisotopic (exact) mass is 156 g/mol. The van der Waals surface area contributed by atoms with Crippen LogP contribution in [0, 0.1) is 0 Å². The summed E-state index contributed by atoms with van der Waals surface area (Å²) in [5.74, 6) is 0. The van der Waals surface area contributed by atoms with E-state index in [9.17, 15) is 0 Å². The van der Waals surface area contributed by atoms with Crippen LogP contribution in [-0.4, -0.2) is 13.0 Å². The maximum Gasteiger partial charge on any atom is 1.00 e. The standard InChI is InChI=1S/ClHO3S.K.H/c1-5(2,3)4;;/h(H,2,3,4);;/q;+1;-1.